The maximum Gasteiger partial charge on any atom is 0.261 e. The zero-order valence-electron chi connectivity index (χ0n) is 11.4. The number of carbonyl (C=O) groups is 1. The number of aryl methyl sites for hydroxylation is 2. The molecule has 1 N–H and O–H groups in total. The summed E-state index contributed by atoms with van der Waals surface area (Å²) < 4.78 is 0. The standard InChI is InChI=1S/C16H18N2OS/c19-16(18-11-12-5-4-8-17-10-12)15-9-13-6-2-1-3-7-14(13)20-15/h4-5,8-10H,1-3,6-7,11H2,(H,18,19). The number of carbonyl (C=O) groups excluding carboxylic acids is 1. The molecular weight excluding hydrogens is 268 g/mol. The zero-order valence-corrected chi connectivity index (χ0v) is 12.2. The number of nitrogens with one attached hydrogen (secondary N) is 1. The van der Waals surface area contributed by atoms with Crippen LogP contribution in [0.25, 0.3) is 0 Å². The zero-order chi connectivity index (χ0) is 13.8. The average Bonchev–Trinajstić information content (AvgIpc) is 2.77. The van der Waals surface area contributed by atoms with Crippen LogP contribution >= 0.6 is 11.3 Å². The Kier molecular flexibility index (Phi) is 4.11. The highest BCUT2D eigenvalue weighted by Crippen LogP contribution is 2.28. The molecule has 104 valence electrons. The SMILES string of the molecule is O=C(NCc1cccnc1)c1cc2c(s1)CCCCC2. The predicted octanol–water partition coefficient (Wildman–Crippen LogP) is 3.34. The molecule has 3 nitrogen and oxygen atoms in total. The summed E-state index contributed by atoms with van der Waals surface area (Å²) in [4.78, 5) is 18.5. The summed E-state index contributed by atoms with van der Waals surface area (Å²) in [5.74, 6) is 0.0342. The Labute approximate surface area is 123 Å². The number of amides is 1. The first-order valence-electron chi connectivity index (χ1n) is 7.11. The third kappa shape index (κ3) is 3.07. The lowest BCUT2D eigenvalue weighted by Crippen LogP contribution is -2.21. The maximum absolute atomic E-state index is 12.2. The number of nitrogens with zero attached hydrogens (tertiary/aromatic N) is 1. The van der Waals surface area contributed by atoms with E-state index in [1.165, 1.54) is 29.7 Å². The quantitative estimate of drug-likeness (QED) is 0.879. The fraction of sp³-hybridized carbons (Fsp3) is 0.375. The Morgan fingerprint density at radius 1 is 1.30 bits per heavy atom. The molecule has 4 heteroatoms. The molecular formula is C16H18N2OS. The van der Waals surface area contributed by atoms with Gasteiger partial charge in [0.25, 0.3) is 5.91 Å². The number of thiophene rings is 1. The molecule has 2 aromatic heterocycles. The molecule has 0 bridgehead atoms. The van der Waals surface area contributed by atoms with Crippen LogP contribution in [-0.2, 0) is 19.4 Å². The fourth-order valence-electron chi connectivity index (χ4n) is 2.55. The van der Waals surface area contributed by atoms with Crippen LogP contribution < -0.4 is 5.32 Å². The first kappa shape index (κ1) is 13.3. The molecule has 1 aliphatic carbocycles. The number of aromatic nitrogens is 1. The predicted molar refractivity (Wildman–Crippen MR) is 81.0 cm³/mol. The molecule has 0 spiro atoms. The maximum atomic E-state index is 12.2. The van der Waals surface area contributed by atoms with E-state index in [4.69, 9.17) is 0 Å². The van der Waals surface area contributed by atoms with Gasteiger partial charge in [0.05, 0.1) is 4.88 Å². The van der Waals surface area contributed by atoms with E-state index in [0.29, 0.717) is 6.54 Å². The normalized spacial score (nSPS) is 14.4. The summed E-state index contributed by atoms with van der Waals surface area (Å²) in [6.45, 7) is 0.537. The van der Waals surface area contributed by atoms with E-state index in [1.807, 2.05) is 12.1 Å². The Hall–Kier alpha value is -1.68. The first-order chi connectivity index (χ1) is 9.83. The second-order valence-corrected chi connectivity index (χ2v) is 6.30. The highest BCUT2D eigenvalue weighted by molar-refractivity contribution is 7.14. The molecule has 1 aliphatic rings. The van der Waals surface area contributed by atoms with E-state index in [2.05, 4.69) is 16.4 Å². The summed E-state index contributed by atoms with van der Waals surface area (Å²) in [7, 11) is 0. The molecule has 2 heterocycles. The molecule has 0 aliphatic heterocycles. The van der Waals surface area contributed by atoms with Gasteiger partial charge in [0, 0.05) is 23.8 Å². The van der Waals surface area contributed by atoms with E-state index >= 15 is 0 Å². The summed E-state index contributed by atoms with van der Waals surface area (Å²) in [5, 5.41) is 2.97. The molecule has 0 aromatic carbocycles. The largest absolute Gasteiger partial charge is 0.347 e. The van der Waals surface area contributed by atoms with Gasteiger partial charge in [-0.1, -0.05) is 12.5 Å². The van der Waals surface area contributed by atoms with Crippen LogP contribution in [0.15, 0.2) is 30.6 Å². The lowest BCUT2D eigenvalue weighted by Gasteiger charge is -2.03. The highest BCUT2D eigenvalue weighted by Gasteiger charge is 2.16. The lowest BCUT2D eigenvalue weighted by atomic mass is 10.1. The van der Waals surface area contributed by atoms with Crippen molar-refractivity contribution in [1.82, 2.24) is 10.3 Å². The van der Waals surface area contributed by atoms with Crippen molar-refractivity contribution in [2.24, 2.45) is 0 Å². The summed E-state index contributed by atoms with van der Waals surface area (Å²) in [6, 6.07) is 5.94. The van der Waals surface area contributed by atoms with Crippen molar-refractivity contribution in [3.63, 3.8) is 0 Å². The Bertz CT molecular complexity index is 568. The van der Waals surface area contributed by atoms with Crippen molar-refractivity contribution in [1.29, 1.82) is 0 Å². The highest BCUT2D eigenvalue weighted by atomic mass is 32.1. The lowest BCUT2D eigenvalue weighted by molar-refractivity contribution is 0.0955. The fourth-order valence-corrected chi connectivity index (χ4v) is 3.72. The van der Waals surface area contributed by atoms with Crippen molar-refractivity contribution in [3.05, 3.63) is 51.5 Å². The molecule has 0 unspecified atom stereocenters. The van der Waals surface area contributed by atoms with E-state index in [-0.39, 0.29) is 5.91 Å². The van der Waals surface area contributed by atoms with Crippen LogP contribution in [0.5, 0.6) is 0 Å². The summed E-state index contributed by atoms with van der Waals surface area (Å²) in [6.07, 6.45) is 9.60. The van der Waals surface area contributed by atoms with Crippen molar-refractivity contribution in [2.45, 2.75) is 38.6 Å². The van der Waals surface area contributed by atoms with Gasteiger partial charge in [0.1, 0.15) is 0 Å². The van der Waals surface area contributed by atoms with Gasteiger partial charge in [0.2, 0.25) is 0 Å². The first-order valence-corrected chi connectivity index (χ1v) is 7.93. The van der Waals surface area contributed by atoms with Gasteiger partial charge in [-0.05, 0) is 48.9 Å². The van der Waals surface area contributed by atoms with Crippen molar-refractivity contribution in [2.75, 3.05) is 0 Å². The molecule has 3 rings (SSSR count). The monoisotopic (exact) mass is 286 g/mol. The molecule has 1 amide bonds. The van der Waals surface area contributed by atoms with Crippen LogP contribution in [-0.4, -0.2) is 10.9 Å². The Balaban J connectivity index is 1.65. The van der Waals surface area contributed by atoms with Crippen molar-refractivity contribution >= 4 is 17.2 Å². The molecule has 0 saturated carbocycles. The topological polar surface area (TPSA) is 42.0 Å². The van der Waals surface area contributed by atoms with Gasteiger partial charge < -0.3 is 5.32 Å². The van der Waals surface area contributed by atoms with Crippen LogP contribution in [0.4, 0.5) is 0 Å². The second kappa shape index (κ2) is 6.18. The molecule has 2 aromatic rings. The van der Waals surface area contributed by atoms with E-state index in [0.717, 1.165) is 23.3 Å². The van der Waals surface area contributed by atoms with Crippen molar-refractivity contribution in [3.8, 4) is 0 Å². The van der Waals surface area contributed by atoms with E-state index in [9.17, 15) is 4.79 Å². The number of pyridine rings is 1. The van der Waals surface area contributed by atoms with Crippen molar-refractivity contribution < 1.29 is 4.79 Å². The van der Waals surface area contributed by atoms with Gasteiger partial charge in [-0.15, -0.1) is 11.3 Å². The Morgan fingerprint density at radius 3 is 3.05 bits per heavy atom. The minimum atomic E-state index is 0.0342. The molecule has 0 atom stereocenters. The Morgan fingerprint density at radius 2 is 2.20 bits per heavy atom. The molecule has 0 radical (unpaired) electrons. The van der Waals surface area contributed by atoms with E-state index in [1.54, 1.807) is 23.7 Å². The van der Waals surface area contributed by atoms with Crippen LogP contribution in [0, 0.1) is 0 Å². The smallest absolute Gasteiger partial charge is 0.261 e. The molecule has 20 heavy (non-hydrogen) atoms. The third-order valence-corrected chi connectivity index (χ3v) is 4.88. The number of rotatable bonds is 3. The van der Waals surface area contributed by atoms with Crippen LogP contribution in [0.1, 0.15) is 44.9 Å². The summed E-state index contributed by atoms with van der Waals surface area (Å²) >= 11 is 1.66. The van der Waals surface area contributed by atoms with Crippen LogP contribution in [0.3, 0.4) is 0 Å². The number of hydrogen-bond acceptors (Lipinski definition) is 3. The van der Waals surface area contributed by atoms with Crippen LogP contribution in [0.2, 0.25) is 0 Å². The molecule has 0 fully saturated rings. The van der Waals surface area contributed by atoms with Gasteiger partial charge >= 0.3 is 0 Å². The second-order valence-electron chi connectivity index (χ2n) is 5.16. The number of fused-ring (bicyclic) bond motifs is 1. The number of hydrogen-bond donors (Lipinski definition) is 1. The minimum absolute atomic E-state index is 0.0342. The molecule has 0 saturated heterocycles. The van der Waals surface area contributed by atoms with Gasteiger partial charge in [0.15, 0.2) is 0 Å². The summed E-state index contributed by atoms with van der Waals surface area (Å²) in [5.41, 5.74) is 2.41. The third-order valence-electron chi connectivity index (χ3n) is 3.65. The van der Waals surface area contributed by atoms with Gasteiger partial charge in [-0.3, -0.25) is 9.78 Å². The van der Waals surface area contributed by atoms with Gasteiger partial charge in [-0.2, -0.15) is 0 Å². The van der Waals surface area contributed by atoms with E-state index < -0.39 is 0 Å². The average molecular weight is 286 g/mol. The minimum Gasteiger partial charge on any atom is -0.347 e. The van der Waals surface area contributed by atoms with Gasteiger partial charge in [-0.25, -0.2) is 0 Å².